The Morgan fingerprint density at radius 2 is 1.93 bits per heavy atom. The summed E-state index contributed by atoms with van der Waals surface area (Å²) in [7, 11) is -2.50. The van der Waals surface area contributed by atoms with Gasteiger partial charge < -0.3 is 9.26 Å². The second kappa shape index (κ2) is 8.20. The summed E-state index contributed by atoms with van der Waals surface area (Å²) in [5.41, 5.74) is 2.10. The summed E-state index contributed by atoms with van der Waals surface area (Å²) in [6.45, 7) is 6.30. The fourth-order valence-corrected chi connectivity index (χ4v) is 5.11. The van der Waals surface area contributed by atoms with Crippen molar-refractivity contribution in [2.45, 2.75) is 25.3 Å². The Labute approximate surface area is 169 Å². The van der Waals surface area contributed by atoms with E-state index in [9.17, 15) is 13.2 Å². The molecule has 0 N–H and O–H groups in total. The quantitative estimate of drug-likeness (QED) is 0.675. The molecule has 2 aromatic rings. The molecule has 152 valence electrons. The summed E-state index contributed by atoms with van der Waals surface area (Å²) in [5, 5.41) is 3.96. The van der Waals surface area contributed by atoms with Gasteiger partial charge in [-0.25, -0.2) is 13.2 Å². The number of ether oxygens (including phenoxy) is 1. The molecule has 1 aromatic heterocycles. The highest BCUT2D eigenvalue weighted by Gasteiger charge is 2.31. The molecular formula is C18H22ClN3O5S. The van der Waals surface area contributed by atoms with Gasteiger partial charge in [0, 0.05) is 38.3 Å². The number of sulfonamides is 1. The van der Waals surface area contributed by atoms with E-state index in [1.807, 2.05) is 13.8 Å². The summed E-state index contributed by atoms with van der Waals surface area (Å²) >= 11 is 6.15. The molecule has 0 spiro atoms. The number of aryl methyl sites for hydroxylation is 2. The maximum absolute atomic E-state index is 13.0. The molecule has 1 aliphatic rings. The topological polar surface area (TPSA) is 93.0 Å². The van der Waals surface area contributed by atoms with Crippen LogP contribution in [0.1, 0.15) is 27.4 Å². The maximum Gasteiger partial charge on any atom is 0.337 e. The minimum Gasteiger partial charge on any atom is -0.465 e. The summed E-state index contributed by atoms with van der Waals surface area (Å²) in [6, 6.07) is 4.06. The Kier molecular flexibility index (Phi) is 6.09. The van der Waals surface area contributed by atoms with E-state index in [-0.39, 0.29) is 15.5 Å². The summed E-state index contributed by atoms with van der Waals surface area (Å²) in [4.78, 5) is 13.7. The van der Waals surface area contributed by atoms with Gasteiger partial charge in [0.25, 0.3) is 0 Å². The molecule has 3 rings (SSSR count). The SMILES string of the molecule is COC(=O)c1ccc(S(=O)(=O)N2CCN(Cc3c(C)noc3C)CC2)c(Cl)c1. The number of esters is 1. The molecular weight excluding hydrogens is 406 g/mol. The Morgan fingerprint density at radius 1 is 1.25 bits per heavy atom. The van der Waals surface area contributed by atoms with Crippen molar-refractivity contribution in [1.29, 1.82) is 0 Å². The molecule has 2 heterocycles. The van der Waals surface area contributed by atoms with Gasteiger partial charge in [-0.05, 0) is 32.0 Å². The third-order valence-corrected chi connectivity index (χ3v) is 7.25. The summed E-state index contributed by atoms with van der Waals surface area (Å²) < 4.78 is 37.2. The van der Waals surface area contributed by atoms with Crippen molar-refractivity contribution in [2.75, 3.05) is 33.3 Å². The van der Waals surface area contributed by atoms with E-state index in [0.717, 1.165) is 17.0 Å². The van der Waals surface area contributed by atoms with E-state index >= 15 is 0 Å². The number of piperazine rings is 1. The molecule has 1 aromatic carbocycles. The van der Waals surface area contributed by atoms with Gasteiger partial charge >= 0.3 is 5.97 Å². The van der Waals surface area contributed by atoms with Gasteiger partial charge in [0.15, 0.2) is 0 Å². The standard InChI is InChI=1S/C18H22ClN3O5S/c1-12-15(13(2)27-20-12)11-21-6-8-22(9-7-21)28(24,25)17-5-4-14(10-16(17)19)18(23)26-3/h4-5,10H,6-9,11H2,1-3H3. The highest BCUT2D eigenvalue weighted by atomic mass is 35.5. The van der Waals surface area contributed by atoms with Crippen molar-refractivity contribution in [3.05, 3.63) is 45.8 Å². The van der Waals surface area contributed by atoms with Crippen LogP contribution in [0.4, 0.5) is 0 Å². The van der Waals surface area contributed by atoms with Crippen LogP contribution in [0.5, 0.6) is 0 Å². The monoisotopic (exact) mass is 427 g/mol. The first-order valence-corrected chi connectivity index (χ1v) is 10.6. The lowest BCUT2D eigenvalue weighted by molar-refractivity contribution is 0.0600. The zero-order chi connectivity index (χ0) is 20.5. The molecule has 0 radical (unpaired) electrons. The molecule has 1 saturated heterocycles. The van der Waals surface area contributed by atoms with Gasteiger partial charge in [-0.1, -0.05) is 16.8 Å². The Balaban J connectivity index is 1.70. The smallest absolute Gasteiger partial charge is 0.337 e. The van der Waals surface area contributed by atoms with E-state index < -0.39 is 16.0 Å². The first-order chi connectivity index (χ1) is 13.2. The average molecular weight is 428 g/mol. The number of carbonyl (C=O) groups excluding carboxylic acids is 1. The number of methoxy groups -OCH3 is 1. The highest BCUT2D eigenvalue weighted by Crippen LogP contribution is 2.27. The van der Waals surface area contributed by atoms with Crippen LogP contribution >= 0.6 is 11.6 Å². The zero-order valence-corrected chi connectivity index (χ0v) is 17.5. The van der Waals surface area contributed by atoms with Crippen LogP contribution in [0.2, 0.25) is 5.02 Å². The molecule has 28 heavy (non-hydrogen) atoms. The number of aromatic nitrogens is 1. The Morgan fingerprint density at radius 3 is 2.46 bits per heavy atom. The summed E-state index contributed by atoms with van der Waals surface area (Å²) in [5.74, 6) is 0.212. The molecule has 10 heteroatoms. The third kappa shape index (κ3) is 4.07. The average Bonchev–Trinajstić information content (AvgIpc) is 2.99. The van der Waals surface area contributed by atoms with Gasteiger partial charge in [-0.15, -0.1) is 0 Å². The number of nitrogens with zero attached hydrogens (tertiary/aromatic N) is 3. The lowest BCUT2D eigenvalue weighted by atomic mass is 10.2. The van der Waals surface area contributed by atoms with Crippen LogP contribution in [-0.4, -0.2) is 62.0 Å². The first kappa shape index (κ1) is 20.8. The van der Waals surface area contributed by atoms with Gasteiger partial charge in [0.05, 0.1) is 23.4 Å². The van der Waals surface area contributed by atoms with Gasteiger partial charge in [-0.3, -0.25) is 4.90 Å². The largest absolute Gasteiger partial charge is 0.465 e. The molecule has 0 unspecified atom stereocenters. The predicted octanol–water partition coefficient (Wildman–Crippen LogP) is 2.24. The fourth-order valence-electron chi connectivity index (χ4n) is 3.17. The zero-order valence-electron chi connectivity index (χ0n) is 15.9. The van der Waals surface area contributed by atoms with Crippen molar-refractivity contribution >= 4 is 27.6 Å². The van der Waals surface area contributed by atoms with Crippen LogP contribution in [0.15, 0.2) is 27.6 Å². The Hall–Kier alpha value is -1.94. The number of benzene rings is 1. The second-order valence-electron chi connectivity index (χ2n) is 6.62. The van der Waals surface area contributed by atoms with E-state index in [1.165, 1.54) is 29.6 Å². The molecule has 0 amide bonds. The second-order valence-corrected chi connectivity index (χ2v) is 8.93. The van der Waals surface area contributed by atoms with Crippen molar-refractivity contribution < 1.29 is 22.5 Å². The number of rotatable bonds is 5. The van der Waals surface area contributed by atoms with E-state index in [0.29, 0.717) is 32.7 Å². The summed E-state index contributed by atoms with van der Waals surface area (Å²) in [6.07, 6.45) is 0. The number of halogens is 1. The van der Waals surface area contributed by atoms with Crippen LogP contribution in [0.3, 0.4) is 0 Å². The highest BCUT2D eigenvalue weighted by molar-refractivity contribution is 7.89. The van der Waals surface area contributed by atoms with Gasteiger partial charge in [-0.2, -0.15) is 4.31 Å². The Bertz CT molecular complexity index is 962. The van der Waals surface area contributed by atoms with Crippen molar-refractivity contribution in [3.63, 3.8) is 0 Å². The molecule has 0 aliphatic carbocycles. The van der Waals surface area contributed by atoms with Crippen molar-refractivity contribution in [2.24, 2.45) is 0 Å². The molecule has 0 atom stereocenters. The van der Waals surface area contributed by atoms with Crippen molar-refractivity contribution in [1.82, 2.24) is 14.4 Å². The fraction of sp³-hybridized carbons (Fsp3) is 0.444. The van der Waals surface area contributed by atoms with E-state index in [2.05, 4.69) is 14.8 Å². The predicted molar refractivity (Wildman–Crippen MR) is 103 cm³/mol. The van der Waals surface area contributed by atoms with Crippen molar-refractivity contribution in [3.8, 4) is 0 Å². The molecule has 0 bridgehead atoms. The minimum atomic E-state index is -3.75. The van der Waals surface area contributed by atoms with Gasteiger partial charge in [0.1, 0.15) is 10.7 Å². The molecule has 8 nitrogen and oxygen atoms in total. The number of hydrogen-bond acceptors (Lipinski definition) is 7. The van der Waals surface area contributed by atoms with E-state index in [1.54, 1.807) is 0 Å². The maximum atomic E-state index is 13.0. The molecule has 1 aliphatic heterocycles. The van der Waals surface area contributed by atoms with Crippen LogP contribution in [0.25, 0.3) is 0 Å². The van der Waals surface area contributed by atoms with Crippen LogP contribution in [0, 0.1) is 13.8 Å². The normalized spacial score (nSPS) is 16.3. The van der Waals surface area contributed by atoms with Crippen LogP contribution < -0.4 is 0 Å². The molecule has 1 fully saturated rings. The molecule has 0 saturated carbocycles. The van der Waals surface area contributed by atoms with Gasteiger partial charge in [0.2, 0.25) is 10.0 Å². The first-order valence-electron chi connectivity index (χ1n) is 8.76. The van der Waals surface area contributed by atoms with E-state index in [4.69, 9.17) is 16.1 Å². The number of carbonyl (C=O) groups is 1. The number of hydrogen-bond donors (Lipinski definition) is 0. The lowest BCUT2D eigenvalue weighted by Crippen LogP contribution is -2.48. The third-order valence-electron chi connectivity index (χ3n) is 4.86. The minimum absolute atomic E-state index is 0.000973. The van der Waals surface area contributed by atoms with Crippen LogP contribution in [-0.2, 0) is 21.3 Å². The lowest BCUT2D eigenvalue weighted by Gasteiger charge is -2.34.